The number of amides is 1. The van der Waals surface area contributed by atoms with E-state index in [9.17, 15) is 14.4 Å². The number of Topliss-reactive ketones (excluding diaryl/α,β-unsaturated/α-hetero) is 1. The maximum Gasteiger partial charge on any atom is 0.340 e. The fourth-order valence-corrected chi connectivity index (χ4v) is 3.00. The van der Waals surface area contributed by atoms with Crippen molar-refractivity contribution in [3.8, 4) is 11.5 Å². The zero-order valence-corrected chi connectivity index (χ0v) is 17.2. The SMILES string of the molecule is COc1cc(NC(=O)C2CCCC2)c(C(=O)OCC(=O)C(C)(C)C)cc1OC. The lowest BCUT2D eigenvalue weighted by Gasteiger charge is -2.18. The first-order valence-electron chi connectivity index (χ1n) is 9.44. The van der Waals surface area contributed by atoms with E-state index in [1.54, 1.807) is 20.8 Å². The zero-order valence-electron chi connectivity index (χ0n) is 17.2. The van der Waals surface area contributed by atoms with Crippen LogP contribution in [0, 0.1) is 11.3 Å². The maximum atomic E-state index is 12.6. The summed E-state index contributed by atoms with van der Waals surface area (Å²) in [6.07, 6.45) is 3.71. The number of benzene rings is 1. The van der Waals surface area contributed by atoms with Crippen molar-refractivity contribution in [2.75, 3.05) is 26.1 Å². The minimum Gasteiger partial charge on any atom is -0.493 e. The predicted octanol–water partition coefficient (Wildman–Crippen LogP) is 3.60. The van der Waals surface area contributed by atoms with Gasteiger partial charge < -0.3 is 19.5 Å². The van der Waals surface area contributed by atoms with Gasteiger partial charge >= 0.3 is 5.97 Å². The van der Waals surface area contributed by atoms with Crippen molar-refractivity contribution < 1.29 is 28.6 Å². The quantitative estimate of drug-likeness (QED) is 0.714. The van der Waals surface area contributed by atoms with Gasteiger partial charge in [-0.2, -0.15) is 0 Å². The first-order valence-corrected chi connectivity index (χ1v) is 9.44. The van der Waals surface area contributed by atoms with Crippen LogP contribution in [-0.2, 0) is 14.3 Å². The number of methoxy groups -OCH3 is 2. The van der Waals surface area contributed by atoms with Crippen LogP contribution in [0.5, 0.6) is 11.5 Å². The summed E-state index contributed by atoms with van der Waals surface area (Å²) >= 11 is 0. The Hall–Kier alpha value is -2.57. The van der Waals surface area contributed by atoms with Gasteiger partial charge in [-0.25, -0.2) is 4.79 Å². The van der Waals surface area contributed by atoms with Crippen molar-refractivity contribution in [3.63, 3.8) is 0 Å². The van der Waals surface area contributed by atoms with Gasteiger partial charge in [-0.3, -0.25) is 9.59 Å². The van der Waals surface area contributed by atoms with Crippen molar-refractivity contribution in [1.82, 2.24) is 0 Å². The van der Waals surface area contributed by atoms with Crippen LogP contribution >= 0.6 is 0 Å². The van der Waals surface area contributed by atoms with Crippen molar-refractivity contribution in [2.45, 2.75) is 46.5 Å². The van der Waals surface area contributed by atoms with Crippen LogP contribution in [-0.4, -0.2) is 38.5 Å². The predicted molar refractivity (Wildman–Crippen MR) is 105 cm³/mol. The van der Waals surface area contributed by atoms with Crippen LogP contribution in [0.3, 0.4) is 0 Å². The van der Waals surface area contributed by atoms with Crippen molar-refractivity contribution in [1.29, 1.82) is 0 Å². The molecule has 7 heteroatoms. The summed E-state index contributed by atoms with van der Waals surface area (Å²) in [5, 5.41) is 2.82. The second-order valence-electron chi connectivity index (χ2n) is 7.97. The Morgan fingerprint density at radius 1 is 1.04 bits per heavy atom. The third-order valence-electron chi connectivity index (χ3n) is 4.90. The first kappa shape index (κ1) is 21.7. The van der Waals surface area contributed by atoms with E-state index >= 15 is 0 Å². The topological polar surface area (TPSA) is 90.9 Å². The molecule has 1 aromatic carbocycles. The van der Waals surface area contributed by atoms with E-state index in [1.807, 2.05) is 0 Å². The third-order valence-corrected chi connectivity index (χ3v) is 4.90. The summed E-state index contributed by atoms with van der Waals surface area (Å²) in [6, 6.07) is 2.99. The molecule has 1 saturated carbocycles. The summed E-state index contributed by atoms with van der Waals surface area (Å²) in [5.74, 6) is -0.399. The van der Waals surface area contributed by atoms with Gasteiger partial charge in [0, 0.05) is 23.5 Å². The molecule has 28 heavy (non-hydrogen) atoms. The van der Waals surface area contributed by atoms with E-state index in [2.05, 4.69) is 5.32 Å². The second kappa shape index (κ2) is 9.08. The Morgan fingerprint density at radius 3 is 2.14 bits per heavy atom. The van der Waals surface area contributed by atoms with Gasteiger partial charge in [0.2, 0.25) is 5.91 Å². The summed E-state index contributed by atoms with van der Waals surface area (Å²) in [4.78, 5) is 37.3. The van der Waals surface area contributed by atoms with Crippen LogP contribution in [0.25, 0.3) is 0 Å². The normalized spacial score (nSPS) is 14.5. The summed E-state index contributed by atoms with van der Waals surface area (Å²) in [6.45, 7) is 4.93. The monoisotopic (exact) mass is 391 g/mol. The molecule has 0 saturated heterocycles. The molecule has 0 radical (unpaired) electrons. The van der Waals surface area contributed by atoms with Crippen LogP contribution in [0.4, 0.5) is 5.69 Å². The van der Waals surface area contributed by atoms with Crippen molar-refractivity contribution >= 4 is 23.3 Å². The molecular weight excluding hydrogens is 362 g/mol. The lowest BCUT2D eigenvalue weighted by molar-refractivity contribution is -0.129. The number of carbonyl (C=O) groups is 3. The molecule has 0 aromatic heterocycles. The number of carbonyl (C=O) groups excluding carboxylic acids is 3. The standard InChI is InChI=1S/C21H29NO6/c1-21(2,3)18(23)12-28-20(25)14-10-16(26-4)17(27-5)11-15(14)22-19(24)13-8-6-7-9-13/h10-11,13H,6-9,12H2,1-5H3,(H,22,24). The summed E-state index contributed by atoms with van der Waals surface area (Å²) < 4.78 is 15.7. The van der Waals surface area contributed by atoms with E-state index in [0.29, 0.717) is 11.5 Å². The molecule has 1 aliphatic carbocycles. The average molecular weight is 391 g/mol. The molecular formula is C21H29NO6. The highest BCUT2D eigenvalue weighted by Gasteiger charge is 2.27. The van der Waals surface area contributed by atoms with Crippen LogP contribution in [0.15, 0.2) is 12.1 Å². The Kier molecular flexibility index (Phi) is 7.05. The zero-order chi connectivity index (χ0) is 20.9. The number of ketones is 1. The van der Waals surface area contributed by atoms with Gasteiger partial charge in [-0.15, -0.1) is 0 Å². The van der Waals surface area contributed by atoms with Crippen LogP contribution in [0.2, 0.25) is 0 Å². The fourth-order valence-electron chi connectivity index (χ4n) is 3.00. The van der Waals surface area contributed by atoms with Gasteiger partial charge in [0.05, 0.1) is 25.5 Å². The molecule has 154 valence electrons. The number of hydrogen-bond donors (Lipinski definition) is 1. The Labute approximate surface area is 165 Å². The number of esters is 1. The second-order valence-corrected chi connectivity index (χ2v) is 7.97. The molecule has 0 bridgehead atoms. The number of ether oxygens (including phenoxy) is 3. The lowest BCUT2D eigenvalue weighted by Crippen LogP contribution is -2.27. The summed E-state index contributed by atoms with van der Waals surface area (Å²) in [5.41, 5.74) is -0.217. The molecule has 0 aliphatic heterocycles. The Balaban J connectivity index is 2.27. The minimum absolute atomic E-state index is 0.0700. The number of nitrogens with one attached hydrogen (secondary N) is 1. The molecule has 7 nitrogen and oxygen atoms in total. The maximum absolute atomic E-state index is 12.6. The molecule has 0 unspecified atom stereocenters. The first-order chi connectivity index (χ1) is 13.2. The van der Waals surface area contributed by atoms with Gasteiger partial charge in [0.15, 0.2) is 23.9 Å². The van der Waals surface area contributed by atoms with E-state index in [0.717, 1.165) is 25.7 Å². The molecule has 1 N–H and O–H groups in total. The van der Waals surface area contributed by atoms with Gasteiger partial charge in [0.25, 0.3) is 0 Å². The van der Waals surface area contributed by atoms with Gasteiger partial charge in [0.1, 0.15) is 0 Å². The van der Waals surface area contributed by atoms with E-state index in [1.165, 1.54) is 26.4 Å². The van der Waals surface area contributed by atoms with Gasteiger partial charge in [-0.1, -0.05) is 33.6 Å². The largest absolute Gasteiger partial charge is 0.493 e. The molecule has 1 aliphatic rings. The van der Waals surface area contributed by atoms with Crippen LogP contribution < -0.4 is 14.8 Å². The minimum atomic E-state index is -0.708. The fraction of sp³-hybridized carbons (Fsp3) is 0.571. The van der Waals surface area contributed by atoms with Crippen molar-refractivity contribution in [2.24, 2.45) is 11.3 Å². The van der Waals surface area contributed by atoms with Gasteiger partial charge in [-0.05, 0) is 12.8 Å². The van der Waals surface area contributed by atoms with Crippen molar-refractivity contribution in [3.05, 3.63) is 17.7 Å². The Bertz CT molecular complexity index is 744. The van der Waals surface area contributed by atoms with E-state index < -0.39 is 11.4 Å². The molecule has 1 aromatic rings. The molecule has 1 fully saturated rings. The van der Waals surface area contributed by atoms with E-state index in [4.69, 9.17) is 14.2 Å². The number of hydrogen-bond acceptors (Lipinski definition) is 6. The van der Waals surface area contributed by atoms with E-state index in [-0.39, 0.29) is 35.5 Å². The number of anilines is 1. The number of rotatable bonds is 7. The smallest absolute Gasteiger partial charge is 0.340 e. The lowest BCUT2D eigenvalue weighted by atomic mass is 9.91. The average Bonchev–Trinajstić information content (AvgIpc) is 3.19. The molecule has 1 amide bonds. The molecule has 2 rings (SSSR count). The molecule has 0 spiro atoms. The Morgan fingerprint density at radius 2 is 1.61 bits per heavy atom. The highest BCUT2D eigenvalue weighted by atomic mass is 16.5. The molecule has 0 heterocycles. The highest BCUT2D eigenvalue weighted by molar-refractivity contribution is 6.03. The third kappa shape index (κ3) is 5.24. The summed E-state index contributed by atoms with van der Waals surface area (Å²) in [7, 11) is 2.92. The highest BCUT2D eigenvalue weighted by Crippen LogP contribution is 2.35. The molecule has 0 atom stereocenters. The van der Waals surface area contributed by atoms with Crippen LogP contribution in [0.1, 0.15) is 56.8 Å².